The zero-order valence-corrected chi connectivity index (χ0v) is 10.0. The van der Waals surface area contributed by atoms with Crippen molar-refractivity contribution in [3.8, 4) is 0 Å². The van der Waals surface area contributed by atoms with E-state index in [1.165, 1.54) is 0 Å². The number of aliphatic carboxylic acids is 2. The largest absolute Gasteiger partial charge is 0.481 e. The molecular formula is C11H18N2O5. The lowest BCUT2D eigenvalue weighted by molar-refractivity contribution is -0.143. The van der Waals surface area contributed by atoms with Crippen molar-refractivity contribution in [2.45, 2.75) is 38.1 Å². The van der Waals surface area contributed by atoms with E-state index in [4.69, 9.17) is 15.9 Å². The van der Waals surface area contributed by atoms with Crippen LogP contribution in [0.5, 0.6) is 0 Å². The summed E-state index contributed by atoms with van der Waals surface area (Å²) in [6.45, 7) is 0.209. The summed E-state index contributed by atoms with van der Waals surface area (Å²) >= 11 is 0. The average Bonchev–Trinajstić information content (AvgIpc) is 3.07. The molecule has 1 fully saturated rings. The maximum Gasteiger partial charge on any atom is 0.326 e. The molecule has 0 aromatic carbocycles. The van der Waals surface area contributed by atoms with Gasteiger partial charge in [-0.3, -0.25) is 9.59 Å². The molecule has 1 atom stereocenters. The van der Waals surface area contributed by atoms with Gasteiger partial charge in [0.15, 0.2) is 0 Å². The van der Waals surface area contributed by atoms with Gasteiger partial charge in [-0.05, 0) is 25.7 Å². The first-order valence-electron chi connectivity index (χ1n) is 5.87. The Morgan fingerprint density at radius 1 is 1.28 bits per heavy atom. The number of carbonyl (C=O) groups excluding carboxylic acids is 1. The van der Waals surface area contributed by atoms with Gasteiger partial charge < -0.3 is 21.3 Å². The Morgan fingerprint density at radius 3 is 2.28 bits per heavy atom. The number of carbonyl (C=O) groups is 3. The summed E-state index contributed by atoms with van der Waals surface area (Å²) in [5, 5.41) is 19.9. The molecule has 1 aliphatic rings. The molecular weight excluding hydrogens is 240 g/mol. The van der Waals surface area contributed by atoms with Crippen molar-refractivity contribution in [2.24, 2.45) is 11.1 Å². The lowest BCUT2D eigenvalue weighted by Gasteiger charge is -2.18. The Hall–Kier alpha value is -1.63. The maximum atomic E-state index is 11.8. The van der Waals surface area contributed by atoms with Gasteiger partial charge in [-0.15, -0.1) is 0 Å². The van der Waals surface area contributed by atoms with Gasteiger partial charge in [-0.25, -0.2) is 4.79 Å². The number of nitrogens with one attached hydrogen (secondary N) is 1. The molecule has 18 heavy (non-hydrogen) atoms. The summed E-state index contributed by atoms with van der Waals surface area (Å²) < 4.78 is 0. The molecule has 7 heteroatoms. The number of carboxylic acids is 2. The van der Waals surface area contributed by atoms with E-state index in [-0.39, 0.29) is 31.7 Å². The van der Waals surface area contributed by atoms with Crippen molar-refractivity contribution in [2.75, 3.05) is 6.54 Å². The standard InChI is InChI=1S/C11H18N2O5/c12-6-11(4-5-11)10(18)13-7(9(16)17)2-1-3-8(14)15/h7H,1-6,12H2,(H,13,18)(H,14,15)(H,16,17)/t7-/m1/s1. The average molecular weight is 258 g/mol. The van der Waals surface area contributed by atoms with Gasteiger partial charge >= 0.3 is 11.9 Å². The molecule has 0 aromatic heterocycles. The van der Waals surface area contributed by atoms with Crippen LogP contribution in [-0.4, -0.2) is 40.6 Å². The second-order valence-corrected chi connectivity index (χ2v) is 4.63. The second kappa shape index (κ2) is 5.81. The smallest absolute Gasteiger partial charge is 0.326 e. The first-order valence-corrected chi connectivity index (χ1v) is 5.87. The zero-order valence-electron chi connectivity index (χ0n) is 10.0. The van der Waals surface area contributed by atoms with Gasteiger partial charge in [-0.2, -0.15) is 0 Å². The summed E-state index contributed by atoms with van der Waals surface area (Å²) in [4.78, 5) is 33.1. The summed E-state index contributed by atoms with van der Waals surface area (Å²) in [7, 11) is 0. The highest BCUT2D eigenvalue weighted by Gasteiger charge is 2.49. The van der Waals surface area contributed by atoms with Crippen LogP contribution in [0.4, 0.5) is 0 Å². The Bertz CT molecular complexity index is 351. The molecule has 0 bridgehead atoms. The van der Waals surface area contributed by atoms with Crippen LogP contribution in [0.25, 0.3) is 0 Å². The van der Waals surface area contributed by atoms with Gasteiger partial charge in [-0.1, -0.05) is 0 Å². The van der Waals surface area contributed by atoms with Gasteiger partial charge in [0, 0.05) is 13.0 Å². The van der Waals surface area contributed by atoms with Crippen molar-refractivity contribution in [3.63, 3.8) is 0 Å². The van der Waals surface area contributed by atoms with E-state index in [0.29, 0.717) is 12.8 Å². The third kappa shape index (κ3) is 3.69. The summed E-state index contributed by atoms with van der Waals surface area (Å²) in [5.74, 6) is -2.47. The molecule has 1 aliphatic carbocycles. The van der Waals surface area contributed by atoms with E-state index in [1.807, 2.05) is 0 Å². The number of hydrogen-bond acceptors (Lipinski definition) is 4. The molecule has 0 heterocycles. The Kier molecular flexibility index (Phi) is 4.66. The third-order valence-corrected chi connectivity index (χ3v) is 3.21. The number of amides is 1. The van der Waals surface area contributed by atoms with E-state index < -0.39 is 23.4 Å². The molecule has 5 N–H and O–H groups in total. The van der Waals surface area contributed by atoms with Crippen molar-refractivity contribution >= 4 is 17.8 Å². The molecule has 102 valence electrons. The van der Waals surface area contributed by atoms with E-state index in [0.717, 1.165) is 0 Å². The predicted octanol–water partition coefficient (Wildman–Crippen LogP) is -0.450. The van der Waals surface area contributed by atoms with Crippen LogP contribution in [0.15, 0.2) is 0 Å². The third-order valence-electron chi connectivity index (χ3n) is 3.21. The SMILES string of the molecule is NCC1(C(=O)N[C@H](CCCC(=O)O)C(=O)O)CC1. The minimum absolute atomic E-state index is 0.105. The molecule has 1 rings (SSSR count). The molecule has 0 saturated heterocycles. The van der Waals surface area contributed by atoms with Gasteiger partial charge in [0.25, 0.3) is 0 Å². The summed E-state index contributed by atoms with van der Waals surface area (Å²) in [5.41, 5.74) is 4.88. The molecule has 0 spiro atoms. The molecule has 0 aliphatic heterocycles. The normalized spacial score (nSPS) is 17.8. The van der Waals surface area contributed by atoms with Crippen LogP contribution in [0.2, 0.25) is 0 Å². The number of rotatable bonds is 8. The maximum absolute atomic E-state index is 11.8. The second-order valence-electron chi connectivity index (χ2n) is 4.63. The number of carboxylic acid groups (broad SMARTS) is 2. The van der Waals surface area contributed by atoms with E-state index in [9.17, 15) is 14.4 Å². The van der Waals surface area contributed by atoms with Crippen LogP contribution >= 0.6 is 0 Å². The molecule has 1 amide bonds. The van der Waals surface area contributed by atoms with E-state index in [1.54, 1.807) is 0 Å². The van der Waals surface area contributed by atoms with E-state index in [2.05, 4.69) is 5.32 Å². The highest BCUT2D eigenvalue weighted by Crippen LogP contribution is 2.44. The quantitative estimate of drug-likeness (QED) is 0.466. The van der Waals surface area contributed by atoms with Crippen LogP contribution < -0.4 is 11.1 Å². The van der Waals surface area contributed by atoms with Crippen molar-refractivity contribution in [1.82, 2.24) is 5.32 Å². The fraction of sp³-hybridized carbons (Fsp3) is 0.727. The predicted molar refractivity (Wildman–Crippen MR) is 61.8 cm³/mol. The number of nitrogens with two attached hydrogens (primary N) is 1. The first-order chi connectivity index (χ1) is 8.41. The highest BCUT2D eigenvalue weighted by atomic mass is 16.4. The molecule has 0 aromatic rings. The zero-order chi connectivity index (χ0) is 13.8. The number of hydrogen-bond donors (Lipinski definition) is 4. The van der Waals surface area contributed by atoms with Gasteiger partial charge in [0.05, 0.1) is 5.41 Å². The minimum atomic E-state index is -1.15. The van der Waals surface area contributed by atoms with Gasteiger partial charge in [0.1, 0.15) is 6.04 Å². The molecule has 0 unspecified atom stereocenters. The minimum Gasteiger partial charge on any atom is -0.481 e. The lowest BCUT2D eigenvalue weighted by atomic mass is 10.0. The fourth-order valence-corrected chi connectivity index (χ4v) is 1.70. The summed E-state index contributed by atoms with van der Waals surface area (Å²) in [6, 6.07) is -1.04. The Labute approximate surface area is 104 Å². The highest BCUT2D eigenvalue weighted by molar-refractivity contribution is 5.89. The van der Waals surface area contributed by atoms with Crippen LogP contribution in [-0.2, 0) is 14.4 Å². The van der Waals surface area contributed by atoms with Crippen LogP contribution in [0.1, 0.15) is 32.1 Å². The fourth-order valence-electron chi connectivity index (χ4n) is 1.70. The van der Waals surface area contributed by atoms with Crippen LogP contribution in [0, 0.1) is 5.41 Å². The van der Waals surface area contributed by atoms with E-state index >= 15 is 0 Å². The summed E-state index contributed by atoms with van der Waals surface area (Å²) in [6.07, 6.45) is 1.56. The molecule has 7 nitrogen and oxygen atoms in total. The van der Waals surface area contributed by atoms with Crippen LogP contribution in [0.3, 0.4) is 0 Å². The molecule has 0 radical (unpaired) electrons. The Morgan fingerprint density at radius 2 is 1.89 bits per heavy atom. The first kappa shape index (κ1) is 14.4. The lowest BCUT2D eigenvalue weighted by Crippen LogP contribution is -2.46. The van der Waals surface area contributed by atoms with Crippen molar-refractivity contribution in [1.29, 1.82) is 0 Å². The Balaban J connectivity index is 2.45. The van der Waals surface area contributed by atoms with Crippen molar-refractivity contribution < 1.29 is 24.6 Å². The monoisotopic (exact) mass is 258 g/mol. The molecule has 1 saturated carbocycles. The van der Waals surface area contributed by atoms with Crippen molar-refractivity contribution in [3.05, 3.63) is 0 Å². The topological polar surface area (TPSA) is 130 Å². The van der Waals surface area contributed by atoms with Gasteiger partial charge in [0.2, 0.25) is 5.91 Å².